The summed E-state index contributed by atoms with van der Waals surface area (Å²) in [4.78, 5) is 0.269. The van der Waals surface area contributed by atoms with E-state index in [1.807, 2.05) is 6.92 Å². The quantitative estimate of drug-likeness (QED) is 0.744. The summed E-state index contributed by atoms with van der Waals surface area (Å²) in [5.41, 5.74) is 0. The number of hydrogen-bond donors (Lipinski definition) is 0. The summed E-state index contributed by atoms with van der Waals surface area (Å²) < 4.78 is 52.5. The van der Waals surface area contributed by atoms with Crippen molar-refractivity contribution in [2.45, 2.75) is 42.4 Å². The molecule has 0 amide bonds. The SMILES string of the molecule is CCCCN(C)S(=O)(=O)c1ccc(S(=O)(=O)N2CCCC2)cc1. The summed E-state index contributed by atoms with van der Waals surface area (Å²) in [6, 6.07) is 5.52. The molecule has 1 heterocycles. The van der Waals surface area contributed by atoms with E-state index in [1.54, 1.807) is 7.05 Å². The van der Waals surface area contributed by atoms with Crippen molar-refractivity contribution in [2.75, 3.05) is 26.7 Å². The van der Waals surface area contributed by atoms with E-state index in [-0.39, 0.29) is 9.79 Å². The maximum absolute atomic E-state index is 12.4. The molecule has 1 aromatic carbocycles. The van der Waals surface area contributed by atoms with Crippen LogP contribution >= 0.6 is 0 Å². The maximum atomic E-state index is 12.4. The first kappa shape index (κ1) is 18.4. The first-order valence-electron chi connectivity index (χ1n) is 7.86. The Bertz CT molecular complexity index is 721. The third kappa shape index (κ3) is 3.93. The van der Waals surface area contributed by atoms with Gasteiger partial charge in [-0.05, 0) is 43.5 Å². The topological polar surface area (TPSA) is 74.8 Å². The van der Waals surface area contributed by atoms with Crippen molar-refractivity contribution < 1.29 is 16.8 Å². The van der Waals surface area contributed by atoms with Gasteiger partial charge in [0.2, 0.25) is 20.0 Å². The average Bonchev–Trinajstić information content (AvgIpc) is 3.07. The number of benzene rings is 1. The molecule has 1 aromatic rings. The molecule has 23 heavy (non-hydrogen) atoms. The second kappa shape index (κ2) is 7.29. The van der Waals surface area contributed by atoms with E-state index in [1.165, 1.54) is 32.9 Å². The largest absolute Gasteiger partial charge is 0.243 e. The minimum absolute atomic E-state index is 0.122. The van der Waals surface area contributed by atoms with Gasteiger partial charge in [-0.2, -0.15) is 4.31 Å². The second-order valence-electron chi connectivity index (χ2n) is 5.76. The van der Waals surface area contributed by atoms with Crippen LogP contribution in [0.25, 0.3) is 0 Å². The predicted molar refractivity (Wildman–Crippen MR) is 89.2 cm³/mol. The number of unbranched alkanes of at least 4 members (excludes halogenated alkanes) is 1. The lowest BCUT2D eigenvalue weighted by atomic mass is 10.3. The minimum Gasteiger partial charge on any atom is -0.207 e. The van der Waals surface area contributed by atoms with Crippen LogP contribution in [0.5, 0.6) is 0 Å². The van der Waals surface area contributed by atoms with Crippen LogP contribution in [0.2, 0.25) is 0 Å². The Morgan fingerprint density at radius 1 is 1.00 bits per heavy atom. The van der Waals surface area contributed by atoms with Gasteiger partial charge in [0.05, 0.1) is 9.79 Å². The summed E-state index contributed by atoms with van der Waals surface area (Å²) in [5, 5.41) is 0. The first-order chi connectivity index (χ1) is 10.8. The molecular weight excluding hydrogens is 336 g/mol. The van der Waals surface area contributed by atoms with Gasteiger partial charge in [-0.15, -0.1) is 0 Å². The highest BCUT2D eigenvalue weighted by molar-refractivity contribution is 7.89. The Balaban J connectivity index is 2.22. The Kier molecular flexibility index (Phi) is 5.83. The standard InChI is InChI=1S/C15H24N2O4S2/c1-3-4-11-16(2)22(18,19)14-7-9-15(10-8-14)23(20,21)17-12-5-6-13-17/h7-10H,3-6,11-13H2,1-2H3. The van der Waals surface area contributed by atoms with Gasteiger partial charge in [0, 0.05) is 26.7 Å². The molecule has 0 aromatic heterocycles. The second-order valence-corrected chi connectivity index (χ2v) is 9.75. The smallest absolute Gasteiger partial charge is 0.207 e. The van der Waals surface area contributed by atoms with Crippen LogP contribution in [0.15, 0.2) is 34.1 Å². The van der Waals surface area contributed by atoms with E-state index >= 15 is 0 Å². The summed E-state index contributed by atoms with van der Waals surface area (Å²) in [5.74, 6) is 0. The van der Waals surface area contributed by atoms with E-state index < -0.39 is 20.0 Å². The van der Waals surface area contributed by atoms with Crippen molar-refractivity contribution in [1.29, 1.82) is 0 Å². The van der Waals surface area contributed by atoms with Gasteiger partial charge in [-0.3, -0.25) is 0 Å². The average molecular weight is 361 g/mol. The Morgan fingerprint density at radius 2 is 1.52 bits per heavy atom. The Hall–Kier alpha value is -0.960. The number of nitrogens with zero attached hydrogens (tertiary/aromatic N) is 2. The lowest BCUT2D eigenvalue weighted by Crippen LogP contribution is -2.29. The molecule has 0 bridgehead atoms. The molecule has 6 nitrogen and oxygen atoms in total. The van der Waals surface area contributed by atoms with Crippen molar-refractivity contribution >= 4 is 20.0 Å². The van der Waals surface area contributed by atoms with E-state index in [9.17, 15) is 16.8 Å². The molecule has 0 unspecified atom stereocenters. The van der Waals surface area contributed by atoms with Gasteiger partial charge in [0.1, 0.15) is 0 Å². The van der Waals surface area contributed by atoms with Crippen LogP contribution in [0.3, 0.4) is 0 Å². The molecule has 0 saturated carbocycles. The van der Waals surface area contributed by atoms with Crippen molar-refractivity contribution in [3.05, 3.63) is 24.3 Å². The van der Waals surface area contributed by atoms with Gasteiger partial charge in [-0.25, -0.2) is 21.1 Å². The molecule has 0 atom stereocenters. The van der Waals surface area contributed by atoms with Gasteiger partial charge in [0.25, 0.3) is 0 Å². The highest BCUT2D eigenvalue weighted by atomic mass is 32.2. The normalized spacial score (nSPS) is 17.0. The van der Waals surface area contributed by atoms with Crippen molar-refractivity contribution in [2.24, 2.45) is 0 Å². The summed E-state index contributed by atoms with van der Waals surface area (Å²) >= 11 is 0. The van der Waals surface area contributed by atoms with Crippen molar-refractivity contribution in [1.82, 2.24) is 8.61 Å². The molecule has 1 aliphatic rings. The van der Waals surface area contributed by atoms with E-state index in [0.717, 1.165) is 25.7 Å². The molecule has 1 fully saturated rings. The van der Waals surface area contributed by atoms with Gasteiger partial charge in [0.15, 0.2) is 0 Å². The fourth-order valence-corrected chi connectivity index (χ4v) is 5.27. The van der Waals surface area contributed by atoms with Crippen molar-refractivity contribution in [3.63, 3.8) is 0 Å². The van der Waals surface area contributed by atoms with Crippen LogP contribution in [0, 0.1) is 0 Å². The third-order valence-electron chi connectivity index (χ3n) is 4.06. The lowest BCUT2D eigenvalue weighted by Gasteiger charge is -2.18. The fourth-order valence-electron chi connectivity index (χ4n) is 2.54. The fraction of sp³-hybridized carbons (Fsp3) is 0.600. The number of sulfonamides is 2. The number of hydrogen-bond acceptors (Lipinski definition) is 4. The zero-order chi connectivity index (χ0) is 17.1. The highest BCUT2D eigenvalue weighted by Crippen LogP contribution is 2.23. The molecule has 130 valence electrons. The third-order valence-corrected chi connectivity index (χ3v) is 7.85. The molecule has 8 heteroatoms. The van der Waals surface area contributed by atoms with Crippen LogP contribution in [0.4, 0.5) is 0 Å². The van der Waals surface area contributed by atoms with Gasteiger partial charge in [-0.1, -0.05) is 13.3 Å². The summed E-state index contributed by atoms with van der Waals surface area (Å²) in [6.45, 7) is 3.51. The van der Waals surface area contributed by atoms with E-state index in [0.29, 0.717) is 19.6 Å². The van der Waals surface area contributed by atoms with Crippen LogP contribution in [-0.4, -0.2) is 52.1 Å². The van der Waals surface area contributed by atoms with Gasteiger partial charge >= 0.3 is 0 Å². The van der Waals surface area contributed by atoms with Crippen LogP contribution < -0.4 is 0 Å². The number of rotatable bonds is 7. The molecule has 0 radical (unpaired) electrons. The van der Waals surface area contributed by atoms with Crippen molar-refractivity contribution in [3.8, 4) is 0 Å². The monoisotopic (exact) mass is 360 g/mol. The molecule has 0 spiro atoms. The molecule has 0 aliphatic carbocycles. The molecule has 1 aliphatic heterocycles. The first-order valence-corrected chi connectivity index (χ1v) is 10.7. The lowest BCUT2D eigenvalue weighted by molar-refractivity contribution is 0.459. The molecule has 1 saturated heterocycles. The molecule has 2 rings (SSSR count). The van der Waals surface area contributed by atoms with Crippen LogP contribution in [0.1, 0.15) is 32.6 Å². The predicted octanol–water partition coefficient (Wildman–Crippen LogP) is 1.89. The Labute approximate surface area is 139 Å². The van der Waals surface area contributed by atoms with Crippen LogP contribution in [-0.2, 0) is 20.0 Å². The van der Waals surface area contributed by atoms with Gasteiger partial charge < -0.3 is 0 Å². The zero-order valence-electron chi connectivity index (χ0n) is 13.6. The maximum Gasteiger partial charge on any atom is 0.243 e. The highest BCUT2D eigenvalue weighted by Gasteiger charge is 2.28. The molecular formula is C15H24N2O4S2. The van der Waals surface area contributed by atoms with E-state index in [2.05, 4.69) is 0 Å². The minimum atomic E-state index is -3.57. The zero-order valence-corrected chi connectivity index (χ0v) is 15.2. The summed E-state index contributed by atoms with van der Waals surface area (Å²) in [6.07, 6.45) is 3.44. The van der Waals surface area contributed by atoms with E-state index in [4.69, 9.17) is 0 Å². The molecule has 0 N–H and O–H groups in total. The Morgan fingerprint density at radius 3 is 2.04 bits per heavy atom. The summed E-state index contributed by atoms with van der Waals surface area (Å²) in [7, 11) is -5.54.